The van der Waals surface area contributed by atoms with Gasteiger partial charge in [-0.2, -0.15) is 13.2 Å². The Balaban J connectivity index is 1.73. The maximum atomic E-state index is 12.7. The van der Waals surface area contributed by atoms with Gasteiger partial charge < -0.3 is 16.2 Å². The molecule has 3 aromatic rings. The number of nitrogens with two attached hydrogens (primary N) is 1. The fraction of sp³-hybridized carbons (Fsp3) is 0.136. The van der Waals surface area contributed by atoms with Crippen LogP contribution in [0, 0.1) is 0 Å². The lowest BCUT2D eigenvalue weighted by Gasteiger charge is -2.12. The van der Waals surface area contributed by atoms with Crippen molar-refractivity contribution in [2.45, 2.75) is 6.18 Å². The lowest BCUT2D eigenvalue weighted by molar-refractivity contribution is -0.137. The minimum Gasteiger partial charge on any atom is -0.506 e. The highest BCUT2D eigenvalue weighted by molar-refractivity contribution is 7.92. The smallest absolute Gasteiger partial charge is 0.416 e. The summed E-state index contributed by atoms with van der Waals surface area (Å²) < 4.78 is 64.1. The number of phenols is 1. The topological polar surface area (TPSA) is 122 Å². The largest absolute Gasteiger partial charge is 0.506 e. The van der Waals surface area contributed by atoms with Gasteiger partial charge in [-0.1, -0.05) is 24.3 Å². The van der Waals surface area contributed by atoms with Crippen LogP contribution in [0.15, 0.2) is 66.7 Å². The predicted molar refractivity (Wildman–Crippen MR) is 119 cm³/mol. The summed E-state index contributed by atoms with van der Waals surface area (Å²) in [4.78, 5) is 12.5. The average molecular weight is 479 g/mol. The zero-order chi connectivity index (χ0) is 24.2. The molecule has 0 atom stereocenters. The Morgan fingerprint density at radius 1 is 0.939 bits per heavy atom. The number of rotatable bonds is 7. The number of amides is 1. The van der Waals surface area contributed by atoms with Gasteiger partial charge in [0.2, 0.25) is 10.0 Å². The van der Waals surface area contributed by atoms with Crippen molar-refractivity contribution in [1.82, 2.24) is 0 Å². The molecule has 33 heavy (non-hydrogen) atoms. The third-order valence-corrected chi connectivity index (χ3v) is 5.90. The highest BCUT2D eigenvalue weighted by Gasteiger charge is 2.29. The molecule has 0 aromatic heterocycles. The number of benzene rings is 3. The van der Waals surface area contributed by atoms with Gasteiger partial charge in [-0.3, -0.25) is 9.52 Å². The molecule has 0 saturated heterocycles. The second-order valence-electron chi connectivity index (χ2n) is 7.05. The number of sulfonamides is 1. The van der Waals surface area contributed by atoms with Crippen molar-refractivity contribution in [3.63, 3.8) is 0 Å². The lowest BCUT2D eigenvalue weighted by atomic mass is 10.0. The van der Waals surface area contributed by atoms with Crippen LogP contribution in [0.25, 0.3) is 11.1 Å². The lowest BCUT2D eigenvalue weighted by Crippen LogP contribution is -2.22. The van der Waals surface area contributed by atoms with Crippen LogP contribution in [0.4, 0.5) is 24.5 Å². The Bertz CT molecular complexity index is 1240. The van der Waals surface area contributed by atoms with Crippen molar-refractivity contribution in [1.29, 1.82) is 0 Å². The number of alkyl halides is 3. The van der Waals surface area contributed by atoms with E-state index < -0.39 is 27.7 Å². The highest BCUT2D eigenvalue weighted by atomic mass is 32.2. The van der Waals surface area contributed by atoms with Crippen LogP contribution in [0.3, 0.4) is 0 Å². The van der Waals surface area contributed by atoms with Crippen molar-refractivity contribution in [3.05, 3.63) is 77.9 Å². The molecule has 1 amide bonds. The van der Waals surface area contributed by atoms with Crippen molar-refractivity contribution in [2.24, 2.45) is 5.73 Å². The second kappa shape index (κ2) is 9.51. The van der Waals surface area contributed by atoms with Gasteiger partial charge in [0.05, 0.1) is 17.0 Å². The van der Waals surface area contributed by atoms with E-state index in [9.17, 15) is 31.5 Å². The molecule has 0 bridgehead atoms. The number of anilines is 2. The Hall–Kier alpha value is -3.57. The Morgan fingerprint density at radius 3 is 2.06 bits per heavy atom. The van der Waals surface area contributed by atoms with E-state index in [1.165, 1.54) is 42.5 Å². The number of aromatic hydroxyl groups is 1. The number of carbonyl (C=O) groups excluding carboxylic acids is 1. The van der Waals surface area contributed by atoms with Crippen LogP contribution in [0.5, 0.6) is 5.75 Å². The van der Waals surface area contributed by atoms with E-state index >= 15 is 0 Å². The molecule has 0 saturated carbocycles. The number of halogens is 3. The van der Waals surface area contributed by atoms with Crippen molar-refractivity contribution in [2.75, 3.05) is 22.3 Å². The van der Waals surface area contributed by atoms with E-state index in [-0.39, 0.29) is 35.0 Å². The average Bonchev–Trinajstić information content (AvgIpc) is 2.75. The first-order valence-corrected chi connectivity index (χ1v) is 11.3. The standard InChI is InChI=1S/C22H20F3N3O4S/c23-22(24,25)17-7-5-15(6-8-17)14-1-3-16(4-2-14)21(30)27-18-9-10-20(29)19(13-18)28-33(31,32)12-11-26/h1-10,13,28-29H,11-12,26H2,(H,27,30). The second-order valence-corrected chi connectivity index (χ2v) is 8.89. The van der Waals surface area contributed by atoms with Crippen LogP contribution in [-0.2, 0) is 16.2 Å². The van der Waals surface area contributed by atoms with Gasteiger partial charge in [0.15, 0.2) is 0 Å². The molecule has 0 aliphatic carbocycles. The molecule has 7 nitrogen and oxygen atoms in total. The van der Waals surface area contributed by atoms with Crippen molar-refractivity contribution >= 4 is 27.3 Å². The molecular weight excluding hydrogens is 459 g/mol. The number of hydrogen-bond acceptors (Lipinski definition) is 5. The van der Waals surface area contributed by atoms with Gasteiger partial charge in [-0.25, -0.2) is 8.42 Å². The SMILES string of the molecule is NCCS(=O)(=O)Nc1cc(NC(=O)c2ccc(-c3ccc(C(F)(F)F)cc3)cc2)ccc1O. The van der Waals surface area contributed by atoms with E-state index in [1.54, 1.807) is 12.1 Å². The minimum absolute atomic E-state index is 0.102. The highest BCUT2D eigenvalue weighted by Crippen LogP contribution is 2.31. The van der Waals surface area contributed by atoms with Crippen LogP contribution in [0.2, 0.25) is 0 Å². The summed E-state index contributed by atoms with van der Waals surface area (Å²) >= 11 is 0. The number of phenolic OH excluding ortho intramolecular Hbond substituents is 1. The number of nitrogens with one attached hydrogen (secondary N) is 2. The van der Waals surface area contributed by atoms with Crippen molar-refractivity contribution in [3.8, 4) is 16.9 Å². The summed E-state index contributed by atoms with van der Waals surface area (Å²) in [5, 5.41) is 12.5. The zero-order valence-electron chi connectivity index (χ0n) is 17.1. The molecule has 0 aliphatic heterocycles. The molecule has 5 N–H and O–H groups in total. The molecule has 0 heterocycles. The van der Waals surface area contributed by atoms with E-state index in [2.05, 4.69) is 10.0 Å². The molecule has 0 radical (unpaired) electrons. The first-order valence-electron chi connectivity index (χ1n) is 9.61. The minimum atomic E-state index is -4.42. The van der Waals surface area contributed by atoms with Gasteiger partial charge >= 0.3 is 6.18 Å². The maximum Gasteiger partial charge on any atom is 0.416 e. The van der Waals surface area contributed by atoms with Gasteiger partial charge in [0.1, 0.15) is 5.75 Å². The summed E-state index contributed by atoms with van der Waals surface area (Å²) in [6.45, 7) is -0.102. The Kier molecular flexibility index (Phi) is 6.94. The van der Waals surface area contributed by atoms with Crippen LogP contribution in [-0.4, -0.2) is 31.7 Å². The third kappa shape index (κ3) is 6.24. The first-order chi connectivity index (χ1) is 15.5. The summed E-state index contributed by atoms with van der Waals surface area (Å²) in [6, 6.07) is 14.8. The fourth-order valence-electron chi connectivity index (χ4n) is 2.94. The fourth-order valence-corrected chi connectivity index (χ4v) is 3.85. The maximum absolute atomic E-state index is 12.7. The first kappa shape index (κ1) is 24.1. The number of hydrogen-bond donors (Lipinski definition) is 4. The summed E-state index contributed by atoms with van der Waals surface area (Å²) in [7, 11) is -3.76. The van der Waals surface area contributed by atoms with Crippen molar-refractivity contribution < 1.29 is 31.5 Å². The summed E-state index contributed by atoms with van der Waals surface area (Å²) in [5.41, 5.74) is 6.08. The van der Waals surface area contributed by atoms with E-state index in [1.807, 2.05) is 0 Å². The zero-order valence-corrected chi connectivity index (χ0v) is 17.9. The monoisotopic (exact) mass is 479 g/mol. The van der Waals surface area contributed by atoms with Gasteiger partial charge in [0.25, 0.3) is 5.91 Å². The molecule has 3 rings (SSSR count). The van der Waals surface area contributed by atoms with Gasteiger partial charge in [0, 0.05) is 17.8 Å². The molecule has 174 valence electrons. The number of carbonyl (C=O) groups is 1. The van der Waals surface area contributed by atoms with E-state index in [4.69, 9.17) is 5.73 Å². The summed E-state index contributed by atoms with van der Waals surface area (Å²) in [5.74, 6) is -1.17. The molecule has 0 unspecified atom stereocenters. The molecular formula is C22H20F3N3O4S. The molecule has 3 aromatic carbocycles. The molecule has 0 fully saturated rings. The Morgan fingerprint density at radius 2 is 1.52 bits per heavy atom. The van der Waals surface area contributed by atoms with Gasteiger partial charge in [-0.15, -0.1) is 0 Å². The quantitative estimate of drug-likeness (QED) is 0.301. The van der Waals surface area contributed by atoms with Crippen LogP contribution in [0.1, 0.15) is 15.9 Å². The molecule has 0 aliphatic rings. The molecule has 11 heteroatoms. The summed E-state index contributed by atoms with van der Waals surface area (Å²) in [6.07, 6.45) is -4.42. The normalized spacial score (nSPS) is 11.8. The van der Waals surface area contributed by atoms with E-state index in [0.717, 1.165) is 12.1 Å². The van der Waals surface area contributed by atoms with Crippen LogP contribution >= 0.6 is 0 Å². The predicted octanol–water partition coefficient (Wildman–Crippen LogP) is 4.03. The van der Waals surface area contributed by atoms with Gasteiger partial charge in [-0.05, 0) is 53.6 Å². The Labute approximate surface area is 188 Å². The van der Waals surface area contributed by atoms with Crippen LogP contribution < -0.4 is 15.8 Å². The third-order valence-electron chi connectivity index (χ3n) is 4.60. The molecule has 0 spiro atoms. The van der Waals surface area contributed by atoms with E-state index in [0.29, 0.717) is 11.1 Å².